The number of rotatable bonds is 6. The maximum atomic E-state index is 13.5. The summed E-state index contributed by atoms with van der Waals surface area (Å²) in [6.45, 7) is 5.42. The molecule has 0 radical (unpaired) electrons. The monoisotopic (exact) mass is 464 g/mol. The normalized spacial score (nSPS) is 15.5. The zero-order chi connectivity index (χ0) is 24.1. The fourth-order valence-corrected chi connectivity index (χ4v) is 4.56. The van der Waals surface area contributed by atoms with E-state index >= 15 is 0 Å². The molecule has 1 atom stereocenters. The zero-order valence-electron chi connectivity index (χ0n) is 18.3. The summed E-state index contributed by atoms with van der Waals surface area (Å²) < 4.78 is 24.5. The van der Waals surface area contributed by atoms with E-state index in [2.05, 4.69) is 11.1 Å². The lowest BCUT2D eigenvalue weighted by Crippen LogP contribution is -2.27. The van der Waals surface area contributed by atoms with Gasteiger partial charge in [0, 0.05) is 5.69 Å². The van der Waals surface area contributed by atoms with E-state index in [1.807, 2.05) is 26.0 Å². The molecule has 0 fully saturated rings. The van der Waals surface area contributed by atoms with Crippen LogP contribution in [0.5, 0.6) is 0 Å². The van der Waals surface area contributed by atoms with Crippen molar-refractivity contribution in [2.24, 2.45) is 5.73 Å². The number of carbonyl (C=O) groups excluding carboxylic acids is 1. The van der Waals surface area contributed by atoms with Crippen LogP contribution >= 0.6 is 11.8 Å². The summed E-state index contributed by atoms with van der Waals surface area (Å²) in [5, 5.41) is 19.8. The van der Waals surface area contributed by atoms with Gasteiger partial charge in [-0.3, -0.25) is 0 Å². The largest absolute Gasteiger partial charge is 0.463 e. The summed E-state index contributed by atoms with van der Waals surface area (Å²) in [6.07, 6.45) is 0. The lowest BCUT2D eigenvalue weighted by molar-refractivity contribution is -0.139. The van der Waals surface area contributed by atoms with Gasteiger partial charge < -0.3 is 15.2 Å². The first-order valence-electron chi connectivity index (χ1n) is 10.0. The van der Waals surface area contributed by atoms with Crippen molar-refractivity contribution in [1.82, 2.24) is 4.98 Å². The maximum Gasteiger partial charge on any atom is 0.338 e. The highest BCUT2D eigenvalue weighted by atomic mass is 32.2. The van der Waals surface area contributed by atoms with E-state index in [0.717, 1.165) is 11.3 Å². The van der Waals surface area contributed by atoms with Gasteiger partial charge in [-0.15, -0.1) is 0 Å². The maximum absolute atomic E-state index is 13.5. The molecule has 7 nitrogen and oxygen atoms in total. The third-order valence-corrected chi connectivity index (χ3v) is 5.93. The van der Waals surface area contributed by atoms with Gasteiger partial charge in [0.2, 0.25) is 5.88 Å². The van der Waals surface area contributed by atoms with Crippen LogP contribution in [0.1, 0.15) is 35.2 Å². The molecule has 0 bridgehead atoms. The molecule has 1 aromatic heterocycles. The zero-order valence-corrected chi connectivity index (χ0v) is 19.1. The third kappa shape index (κ3) is 5.00. The quantitative estimate of drug-likeness (QED) is 0.500. The predicted octanol–water partition coefficient (Wildman–Crippen LogP) is 4.13. The van der Waals surface area contributed by atoms with Crippen LogP contribution in [0.4, 0.5) is 4.39 Å². The van der Waals surface area contributed by atoms with E-state index in [1.54, 1.807) is 6.92 Å². The Morgan fingerprint density at radius 1 is 1.27 bits per heavy atom. The van der Waals surface area contributed by atoms with Crippen molar-refractivity contribution in [2.75, 3.05) is 12.4 Å². The standard InChI is InChI=1S/C24H21FN4O3S/c1-4-31-24(30)21-19(12-33-23-17(10-26)13(2)9-14(3)29-23)32-22(28)18(11-27)20(21)15-5-7-16(25)8-6-15/h5-9,20H,4,12,28H2,1-3H3/t20-/m0/s1. The van der Waals surface area contributed by atoms with Crippen molar-refractivity contribution in [2.45, 2.75) is 31.7 Å². The van der Waals surface area contributed by atoms with Crippen molar-refractivity contribution < 1.29 is 18.7 Å². The fourth-order valence-electron chi connectivity index (χ4n) is 3.52. The number of aryl methyl sites for hydroxylation is 2. The number of thioether (sulfide) groups is 1. The fraction of sp³-hybridized carbons (Fsp3) is 0.250. The Morgan fingerprint density at radius 2 is 1.97 bits per heavy atom. The number of carbonyl (C=O) groups is 1. The van der Waals surface area contributed by atoms with Gasteiger partial charge in [0.05, 0.1) is 29.4 Å². The molecule has 0 saturated carbocycles. The minimum Gasteiger partial charge on any atom is -0.463 e. The molecule has 9 heteroatoms. The summed E-state index contributed by atoms with van der Waals surface area (Å²) in [7, 11) is 0. The van der Waals surface area contributed by atoms with Gasteiger partial charge in [0.15, 0.2) is 0 Å². The molecular formula is C24H21FN4O3S. The van der Waals surface area contributed by atoms with Crippen molar-refractivity contribution in [3.05, 3.63) is 81.3 Å². The number of hydrogen-bond acceptors (Lipinski definition) is 8. The number of nitrogens with zero attached hydrogens (tertiary/aromatic N) is 3. The minimum absolute atomic E-state index is 0.0284. The number of nitriles is 2. The topological polar surface area (TPSA) is 122 Å². The van der Waals surface area contributed by atoms with Gasteiger partial charge in [-0.2, -0.15) is 10.5 Å². The van der Waals surface area contributed by atoms with Crippen LogP contribution in [0.15, 0.2) is 58.1 Å². The number of benzene rings is 1. The van der Waals surface area contributed by atoms with Gasteiger partial charge in [-0.05, 0) is 50.1 Å². The lowest BCUT2D eigenvalue weighted by Gasteiger charge is -2.28. The van der Waals surface area contributed by atoms with Crippen LogP contribution in [0, 0.1) is 42.3 Å². The summed E-state index contributed by atoms with van der Waals surface area (Å²) in [6, 6.07) is 11.4. The smallest absolute Gasteiger partial charge is 0.338 e. The number of allylic oxidation sites excluding steroid dienone is 1. The Hall–Kier alpha value is -3.82. The van der Waals surface area contributed by atoms with Crippen LogP contribution in [0.3, 0.4) is 0 Å². The highest BCUT2D eigenvalue weighted by Gasteiger charge is 2.37. The number of hydrogen-bond donors (Lipinski definition) is 1. The molecule has 33 heavy (non-hydrogen) atoms. The minimum atomic E-state index is -0.887. The molecule has 0 amide bonds. The van der Waals surface area contributed by atoms with E-state index in [1.165, 1.54) is 36.0 Å². The molecule has 3 rings (SSSR count). The predicted molar refractivity (Wildman–Crippen MR) is 120 cm³/mol. The summed E-state index contributed by atoms with van der Waals surface area (Å²) in [4.78, 5) is 17.4. The number of ether oxygens (including phenoxy) is 2. The molecule has 0 saturated heterocycles. The van der Waals surface area contributed by atoms with Crippen molar-refractivity contribution in [1.29, 1.82) is 10.5 Å². The molecule has 0 spiro atoms. The van der Waals surface area contributed by atoms with Gasteiger partial charge in [-0.1, -0.05) is 23.9 Å². The lowest BCUT2D eigenvalue weighted by atomic mass is 9.83. The third-order valence-electron chi connectivity index (χ3n) is 4.96. The molecule has 168 valence electrons. The SMILES string of the molecule is CCOC(=O)C1=C(CSc2nc(C)cc(C)c2C#N)OC(N)=C(C#N)[C@@H]1c1ccc(F)cc1. The van der Waals surface area contributed by atoms with Crippen molar-refractivity contribution in [3.8, 4) is 12.1 Å². The van der Waals surface area contributed by atoms with Crippen LogP contribution in [-0.4, -0.2) is 23.3 Å². The van der Waals surface area contributed by atoms with E-state index < -0.39 is 17.7 Å². The molecule has 0 aliphatic carbocycles. The molecule has 1 aliphatic heterocycles. The summed E-state index contributed by atoms with van der Waals surface area (Å²) in [5.41, 5.74) is 8.62. The number of aromatic nitrogens is 1. The van der Waals surface area contributed by atoms with Crippen molar-refractivity contribution >= 4 is 17.7 Å². The van der Waals surface area contributed by atoms with Crippen molar-refractivity contribution in [3.63, 3.8) is 0 Å². The van der Waals surface area contributed by atoms with Crippen LogP contribution in [0.2, 0.25) is 0 Å². The Balaban J connectivity index is 2.11. The Morgan fingerprint density at radius 3 is 2.58 bits per heavy atom. The van der Waals surface area contributed by atoms with Crippen LogP contribution in [0.25, 0.3) is 0 Å². The summed E-state index contributed by atoms with van der Waals surface area (Å²) >= 11 is 1.21. The molecule has 2 heterocycles. The van der Waals surface area contributed by atoms with E-state index in [4.69, 9.17) is 15.2 Å². The van der Waals surface area contributed by atoms with Gasteiger partial charge in [0.1, 0.15) is 34.3 Å². The van der Waals surface area contributed by atoms with Crippen LogP contribution < -0.4 is 5.73 Å². The highest BCUT2D eigenvalue weighted by Crippen LogP contribution is 2.41. The number of halogens is 1. The summed E-state index contributed by atoms with van der Waals surface area (Å²) in [5.74, 6) is -1.86. The number of nitrogens with two attached hydrogens (primary N) is 1. The Bertz CT molecular complexity index is 1240. The molecule has 2 N–H and O–H groups in total. The van der Waals surface area contributed by atoms with Gasteiger partial charge in [-0.25, -0.2) is 14.2 Å². The van der Waals surface area contributed by atoms with Crippen LogP contribution in [-0.2, 0) is 14.3 Å². The average molecular weight is 465 g/mol. The Kier molecular flexibility index (Phi) is 7.37. The number of pyridine rings is 1. The molecule has 2 aromatic rings. The average Bonchev–Trinajstić information content (AvgIpc) is 2.77. The first-order chi connectivity index (χ1) is 15.8. The molecule has 1 aliphatic rings. The molecule has 0 unspecified atom stereocenters. The molecule has 1 aromatic carbocycles. The van der Waals surface area contributed by atoms with E-state index in [0.29, 0.717) is 16.2 Å². The second-order valence-corrected chi connectivity index (χ2v) is 8.16. The van der Waals surface area contributed by atoms with Gasteiger partial charge >= 0.3 is 5.97 Å². The number of esters is 1. The molecular weight excluding hydrogens is 443 g/mol. The van der Waals surface area contributed by atoms with E-state index in [-0.39, 0.29) is 35.1 Å². The first kappa shape index (κ1) is 23.8. The second-order valence-electron chi connectivity index (χ2n) is 7.19. The van der Waals surface area contributed by atoms with Gasteiger partial charge in [0.25, 0.3) is 0 Å². The first-order valence-corrected chi connectivity index (χ1v) is 11.0. The van der Waals surface area contributed by atoms with E-state index in [9.17, 15) is 19.7 Å². The highest BCUT2D eigenvalue weighted by molar-refractivity contribution is 7.99. The Labute approximate surface area is 195 Å². The second kappa shape index (κ2) is 10.2.